The van der Waals surface area contributed by atoms with Crippen molar-refractivity contribution in [1.82, 2.24) is 0 Å². The van der Waals surface area contributed by atoms with Crippen LogP contribution in [0.15, 0.2) is 9.59 Å². The van der Waals surface area contributed by atoms with Gasteiger partial charge in [0.25, 0.3) is 10.9 Å². The molecule has 0 atom stereocenters. The van der Waals surface area contributed by atoms with E-state index in [0.717, 1.165) is 0 Å². The molecule has 1 aliphatic rings. The number of rotatable bonds is 2. The van der Waals surface area contributed by atoms with E-state index in [-0.39, 0.29) is 17.9 Å². The second-order valence-electron chi connectivity index (χ2n) is 3.48. The average Bonchev–Trinajstić information content (AvgIpc) is 2.36. The monoisotopic (exact) mass is 210 g/mol. The van der Waals surface area contributed by atoms with Crippen molar-refractivity contribution in [2.45, 2.75) is 6.42 Å². The lowest BCUT2D eigenvalue weighted by Gasteiger charge is -2.22. The summed E-state index contributed by atoms with van der Waals surface area (Å²) in [6.07, 6.45) is 0.709. The Morgan fingerprint density at radius 1 is 1.40 bits per heavy atom. The van der Waals surface area contributed by atoms with E-state index in [2.05, 4.69) is 5.32 Å². The average molecular weight is 210 g/mol. The van der Waals surface area contributed by atoms with Gasteiger partial charge in [-0.15, -0.1) is 0 Å². The molecule has 2 rings (SSSR count). The molecule has 0 unspecified atom stereocenters. The second-order valence-corrected chi connectivity index (χ2v) is 3.48. The first kappa shape index (κ1) is 9.70. The van der Waals surface area contributed by atoms with Crippen molar-refractivity contribution in [1.29, 1.82) is 0 Å². The highest BCUT2D eigenvalue weighted by Gasteiger charge is 2.28. The van der Waals surface area contributed by atoms with Crippen molar-refractivity contribution in [2.24, 2.45) is 0 Å². The number of carboxylic acid groups (broad SMARTS) is 1. The fourth-order valence-electron chi connectivity index (χ4n) is 1.76. The van der Waals surface area contributed by atoms with Crippen LogP contribution in [0.4, 0.5) is 11.4 Å². The first-order chi connectivity index (χ1) is 7.11. The van der Waals surface area contributed by atoms with E-state index in [1.807, 2.05) is 0 Å². The summed E-state index contributed by atoms with van der Waals surface area (Å²) in [6, 6.07) is 0. The normalized spacial score (nSPS) is 15.6. The quantitative estimate of drug-likeness (QED) is 0.608. The highest BCUT2D eigenvalue weighted by Crippen LogP contribution is 2.22. The van der Waals surface area contributed by atoms with Gasteiger partial charge in [-0.2, -0.15) is 0 Å². The Kier molecular flexibility index (Phi) is 2.18. The molecular formula is C9H10N2O4. The number of hydrogen-bond acceptors (Lipinski definition) is 5. The van der Waals surface area contributed by atoms with Crippen LogP contribution in [-0.2, 0) is 4.79 Å². The van der Waals surface area contributed by atoms with Gasteiger partial charge < -0.3 is 15.3 Å². The summed E-state index contributed by atoms with van der Waals surface area (Å²) in [7, 11) is 0. The lowest BCUT2D eigenvalue weighted by Crippen LogP contribution is -2.43. The molecule has 2 N–H and O–H groups in total. The largest absolute Gasteiger partial charge is 0.480 e. The predicted octanol–water partition coefficient (Wildman–Crippen LogP) is -1.01. The highest BCUT2D eigenvalue weighted by atomic mass is 16.4. The molecule has 0 spiro atoms. The van der Waals surface area contributed by atoms with Gasteiger partial charge >= 0.3 is 5.97 Å². The molecule has 1 heterocycles. The van der Waals surface area contributed by atoms with Crippen LogP contribution in [0, 0.1) is 0 Å². The fraction of sp³-hybridized carbons (Fsp3) is 0.444. The number of nitrogens with one attached hydrogen (secondary N) is 1. The van der Waals surface area contributed by atoms with E-state index in [1.54, 1.807) is 0 Å². The standard InChI is InChI=1S/C9H10N2O4/c12-5(13)4-11-3-1-2-10-6-7(11)9(15)8(6)14/h10H,1-4H2,(H,12,13). The highest BCUT2D eigenvalue weighted by molar-refractivity contribution is 5.81. The lowest BCUT2D eigenvalue weighted by atomic mass is 10.1. The molecule has 1 aromatic carbocycles. The van der Waals surface area contributed by atoms with Gasteiger partial charge in [-0.1, -0.05) is 0 Å². The molecule has 1 aromatic rings. The number of anilines is 2. The molecule has 0 aliphatic carbocycles. The van der Waals surface area contributed by atoms with Crippen LogP contribution in [0.5, 0.6) is 0 Å². The van der Waals surface area contributed by atoms with Gasteiger partial charge in [-0.25, -0.2) is 0 Å². The molecule has 0 saturated heterocycles. The Balaban J connectivity index is 2.34. The molecule has 6 heteroatoms. The smallest absolute Gasteiger partial charge is 0.323 e. The summed E-state index contributed by atoms with van der Waals surface area (Å²) < 4.78 is 0. The van der Waals surface area contributed by atoms with Crippen LogP contribution in [0.1, 0.15) is 6.42 Å². The second kappa shape index (κ2) is 3.38. The zero-order valence-corrected chi connectivity index (χ0v) is 7.95. The number of hydrogen-bond donors (Lipinski definition) is 2. The molecule has 0 amide bonds. The van der Waals surface area contributed by atoms with Crippen LogP contribution in [0.2, 0.25) is 0 Å². The Hall–Kier alpha value is -1.85. The Morgan fingerprint density at radius 3 is 2.80 bits per heavy atom. The molecular weight excluding hydrogens is 200 g/mol. The minimum Gasteiger partial charge on any atom is -0.480 e. The summed E-state index contributed by atoms with van der Waals surface area (Å²) in [4.78, 5) is 34.4. The van der Waals surface area contributed by atoms with Crippen molar-refractivity contribution < 1.29 is 9.90 Å². The van der Waals surface area contributed by atoms with Crippen molar-refractivity contribution >= 4 is 17.3 Å². The van der Waals surface area contributed by atoms with Crippen LogP contribution >= 0.6 is 0 Å². The molecule has 15 heavy (non-hydrogen) atoms. The van der Waals surface area contributed by atoms with Crippen LogP contribution < -0.4 is 21.1 Å². The number of aliphatic carboxylic acids is 1. The van der Waals surface area contributed by atoms with E-state index in [4.69, 9.17) is 5.11 Å². The Bertz CT molecular complexity index is 472. The molecule has 0 fully saturated rings. The molecule has 80 valence electrons. The molecule has 1 aliphatic heterocycles. The minimum atomic E-state index is -1.00. The van der Waals surface area contributed by atoms with Gasteiger partial charge in [0, 0.05) is 13.1 Å². The van der Waals surface area contributed by atoms with Crippen molar-refractivity contribution in [2.75, 3.05) is 29.9 Å². The van der Waals surface area contributed by atoms with Crippen molar-refractivity contribution in [3.63, 3.8) is 0 Å². The summed E-state index contributed by atoms with van der Waals surface area (Å²) in [6.45, 7) is 0.838. The van der Waals surface area contributed by atoms with Crippen molar-refractivity contribution in [3.05, 3.63) is 20.4 Å². The number of carboxylic acids is 1. The van der Waals surface area contributed by atoms with Gasteiger partial charge in [-0.05, 0) is 6.42 Å². The Labute approximate surface area is 84.8 Å². The first-order valence-electron chi connectivity index (χ1n) is 4.65. The third-order valence-electron chi connectivity index (χ3n) is 2.43. The van der Waals surface area contributed by atoms with E-state index in [1.165, 1.54) is 4.90 Å². The first-order valence-corrected chi connectivity index (χ1v) is 4.65. The van der Waals surface area contributed by atoms with E-state index >= 15 is 0 Å². The van der Waals surface area contributed by atoms with E-state index in [0.29, 0.717) is 19.5 Å². The zero-order valence-electron chi connectivity index (χ0n) is 7.95. The van der Waals surface area contributed by atoms with Gasteiger partial charge in [0.05, 0.1) is 0 Å². The third kappa shape index (κ3) is 1.47. The predicted molar refractivity (Wildman–Crippen MR) is 54.3 cm³/mol. The van der Waals surface area contributed by atoms with Gasteiger partial charge in [-0.3, -0.25) is 14.4 Å². The maximum Gasteiger partial charge on any atom is 0.323 e. The van der Waals surface area contributed by atoms with E-state index in [9.17, 15) is 14.4 Å². The fourth-order valence-corrected chi connectivity index (χ4v) is 1.76. The van der Waals surface area contributed by atoms with Gasteiger partial charge in [0.15, 0.2) is 0 Å². The van der Waals surface area contributed by atoms with Gasteiger partial charge in [0.2, 0.25) is 0 Å². The van der Waals surface area contributed by atoms with E-state index < -0.39 is 16.8 Å². The summed E-state index contributed by atoms with van der Waals surface area (Å²) >= 11 is 0. The van der Waals surface area contributed by atoms with Gasteiger partial charge in [0.1, 0.15) is 17.9 Å². The van der Waals surface area contributed by atoms with Crippen LogP contribution in [0.3, 0.4) is 0 Å². The van der Waals surface area contributed by atoms with Crippen molar-refractivity contribution in [3.8, 4) is 0 Å². The lowest BCUT2D eigenvalue weighted by molar-refractivity contribution is -0.135. The summed E-state index contributed by atoms with van der Waals surface area (Å²) in [5.41, 5.74) is -0.610. The number of nitrogens with zero attached hydrogens (tertiary/aromatic N) is 1. The molecule has 6 nitrogen and oxygen atoms in total. The Morgan fingerprint density at radius 2 is 2.13 bits per heavy atom. The topological polar surface area (TPSA) is 86.7 Å². The molecule has 0 radical (unpaired) electrons. The maximum absolute atomic E-state index is 11.3. The summed E-state index contributed by atoms with van der Waals surface area (Å²) in [5, 5.41) is 11.5. The van der Waals surface area contributed by atoms with Crippen LogP contribution in [0.25, 0.3) is 0 Å². The zero-order chi connectivity index (χ0) is 11.0. The minimum absolute atomic E-state index is 0.236. The SMILES string of the molecule is O=C(O)CN1CCCNc2c1c(=O)c2=O. The van der Waals surface area contributed by atoms with Crippen LogP contribution in [-0.4, -0.2) is 30.7 Å². The number of fused-ring (bicyclic) bond motifs is 1. The molecule has 0 aromatic heterocycles. The third-order valence-corrected chi connectivity index (χ3v) is 2.43. The molecule has 0 saturated carbocycles. The molecule has 0 bridgehead atoms. The number of carbonyl (C=O) groups is 1. The maximum atomic E-state index is 11.3. The summed E-state index contributed by atoms with van der Waals surface area (Å²) in [5.74, 6) is -1.00.